The van der Waals surface area contributed by atoms with Crippen LogP contribution in [0.4, 0.5) is 0 Å². The van der Waals surface area contributed by atoms with Gasteiger partial charge in [-0.25, -0.2) is 0 Å². The highest BCUT2D eigenvalue weighted by molar-refractivity contribution is 6.42. The lowest BCUT2D eigenvalue weighted by molar-refractivity contribution is 0.334. The van der Waals surface area contributed by atoms with Crippen LogP contribution in [0.5, 0.6) is 0 Å². The largest absolute Gasteiger partial charge is 0.316 e. The number of nitrogens with one attached hydrogen (secondary N) is 1. The molecule has 0 bridgehead atoms. The van der Waals surface area contributed by atoms with E-state index in [1.807, 2.05) is 12.1 Å². The highest BCUT2D eigenvalue weighted by atomic mass is 35.5. The smallest absolute Gasteiger partial charge is 0.0595 e. The molecule has 1 aliphatic heterocycles. The number of hydrogen-bond donors (Lipinski definition) is 1. The van der Waals surface area contributed by atoms with Crippen LogP contribution in [-0.2, 0) is 0 Å². The number of rotatable bonds is 2. The monoisotopic (exact) mass is 257 g/mol. The van der Waals surface area contributed by atoms with E-state index in [0.29, 0.717) is 21.9 Å². The third-order valence-electron chi connectivity index (χ3n) is 3.51. The summed E-state index contributed by atoms with van der Waals surface area (Å²) in [6, 6.07) is 5.99. The molecule has 88 valence electrons. The molecular formula is C13H17Cl2N. The van der Waals surface area contributed by atoms with Crippen LogP contribution in [0.25, 0.3) is 0 Å². The first-order chi connectivity index (χ1) is 7.68. The molecule has 16 heavy (non-hydrogen) atoms. The Balaban J connectivity index is 2.12. The highest BCUT2D eigenvalue weighted by Gasteiger charge is 2.21. The van der Waals surface area contributed by atoms with Crippen molar-refractivity contribution in [3.63, 3.8) is 0 Å². The molecule has 1 saturated heterocycles. The van der Waals surface area contributed by atoms with E-state index < -0.39 is 0 Å². The fourth-order valence-electron chi connectivity index (χ4n) is 2.37. The average Bonchev–Trinajstić information content (AvgIpc) is 2.33. The molecule has 1 heterocycles. The molecule has 0 amide bonds. The molecule has 2 rings (SSSR count). The zero-order valence-corrected chi connectivity index (χ0v) is 11.0. The third kappa shape index (κ3) is 2.71. The lowest BCUT2D eigenvalue weighted by Crippen LogP contribution is -2.32. The van der Waals surface area contributed by atoms with Gasteiger partial charge in [0.15, 0.2) is 0 Å². The summed E-state index contributed by atoms with van der Waals surface area (Å²) in [5.74, 6) is 1.26. The van der Waals surface area contributed by atoms with Crippen molar-refractivity contribution in [2.45, 2.75) is 25.7 Å². The first kappa shape index (κ1) is 12.2. The van der Waals surface area contributed by atoms with Crippen LogP contribution < -0.4 is 5.32 Å². The molecule has 1 nitrogen and oxygen atoms in total. The van der Waals surface area contributed by atoms with Crippen LogP contribution in [0, 0.1) is 5.92 Å². The molecule has 0 spiro atoms. The van der Waals surface area contributed by atoms with E-state index in [4.69, 9.17) is 23.2 Å². The Hall–Kier alpha value is -0.240. The van der Waals surface area contributed by atoms with E-state index in [2.05, 4.69) is 18.3 Å². The van der Waals surface area contributed by atoms with Gasteiger partial charge in [0.1, 0.15) is 0 Å². The summed E-state index contributed by atoms with van der Waals surface area (Å²) in [5, 5.41) is 4.75. The molecule has 3 heteroatoms. The van der Waals surface area contributed by atoms with E-state index in [9.17, 15) is 0 Å². The molecule has 1 aliphatic rings. The Morgan fingerprint density at radius 3 is 2.75 bits per heavy atom. The SMILES string of the molecule is CC(c1ccc(Cl)c(Cl)c1)C1CCCNC1. The van der Waals surface area contributed by atoms with E-state index in [-0.39, 0.29) is 0 Å². The van der Waals surface area contributed by atoms with Gasteiger partial charge in [-0.1, -0.05) is 36.2 Å². The van der Waals surface area contributed by atoms with Crippen LogP contribution in [0.15, 0.2) is 18.2 Å². The van der Waals surface area contributed by atoms with Gasteiger partial charge >= 0.3 is 0 Å². The van der Waals surface area contributed by atoms with Gasteiger partial charge in [0, 0.05) is 0 Å². The summed E-state index contributed by atoms with van der Waals surface area (Å²) in [6.45, 7) is 4.54. The zero-order valence-electron chi connectivity index (χ0n) is 9.47. The predicted octanol–water partition coefficient (Wildman–Crippen LogP) is 4.10. The van der Waals surface area contributed by atoms with Crippen molar-refractivity contribution in [3.05, 3.63) is 33.8 Å². The molecule has 0 saturated carbocycles. The van der Waals surface area contributed by atoms with E-state index in [0.717, 1.165) is 13.1 Å². The molecule has 1 aromatic carbocycles. The molecular weight excluding hydrogens is 241 g/mol. The molecule has 2 unspecified atom stereocenters. The fraction of sp³-hybridized carbons (Fsp3) is 0.538. The molecule has 0 aromatic heterocycles. The van der Waals surface area contributed by atoms with Crippen LogP contribution in [0.1, 0.15) is 31.2 Å². The van der Waals surface area contributed by atoms with Gasteiger partial charge < -0.3 is 5.32 Å². The number of piperidine rings is 1. The van der Waals surface area contributed by atoms with Crippen molar-refractivity contribution in [3.8, 4) is 0 Å². The highest BCUT2D eigenvalue weighted by Crippen LogP contribution is 2.32. The maximum Gasteiger partial charge on any atom is 0.0595 e. The van der Waals surface area contributed by atoms with E-state index in [1.165, 1.54) is 18.4 Å². The van der Waals surface area contributed by atoms with Crippen molar-refractivity contribution in [1.29, 1.82) is 0 Å². The molecule has 2 atom stereocenters. The minimum Gasteiger partial charge on any atom is -0.316 e. The maximum atomic E-state index is 6.05. The average molecular weight is 258 g/mol. The number of halogens is 2. The summed E-state index contributed by atoms with van der Waals surface area (Å²) in [4.78, 5) is 0. The Morgan fingerprint density at radius 2 is 2.12 bits per heavy atom. The first-order valence-electron chi connectivity index (χ1n) is 5.84. The molecule has 0 radical (unpaired) electrons. The van der Waals surface area contributed by atoms with Gasteiger partial charge in [0.05, 0.1) is 10.0 Å². The van der Waals surface area contributed by atoms with Gasteiger partial charge in [-0.3, -0.25) is 0 Å². The second kappa shape index (κ2) is 5.39. The van der Waals surface area contributed by atoms with E-state index in [1.54, 1.807) is 0 Å². The van der Waals surface area contributed by atoms with Crippen molar-refractivity contribution < 1.29 is 0 Å². The Kier molecular flexibility index (Phi) is 4.12. The Morgan fingerprint density at radius 1 is 1.31 bits per heavy atom. The van der Waals surface area contributed by atoms with Crippen molar-refractivity contribution >= 4 is 23.2 Å². The van der Waals surface area contributed by atoms with Crippen molar-refractivity contribution in [2.75, 3.05) is 13.1 Å². The lowest BCUT2D eigenvalue weighted by Gasteiger charge is -2.28. The standard InChI is InChI=1S/C13H17Cl2N/c1-9(11-3-2-6-16-8-11)10-4-5-12(14)13(15)7-10/h4-5,7,9,11,16H,2-3,6,8H2,1H3. The molecule has 1 N–H and O–H groups in total. The predicted molar refractivity (Wildman–Crippen MR) is 70.5 cm³/mol. The minimum atomic E-state index is 0.544. The van der Waals surface area contributed by atoms with Gasteiger partial charge in [0.2, 0.25) is 0 Å². The summed E-state index contributed by atoms with van der Waals surface area (Å²) < 4.78 is 0. The molecule has 1 fully saturated rings. The lowest BCUT2D eigenvalue weighted by atomic mass is 9.83. The van der Waals surface area contributed by atoms with Gasteiger partial charge in [-0.2, -0.15) is 0 Å². The van der Waals surface area contributed by atoms with Crippen LogP contribution in [-0.4, -0.2) is 13.1 Å². The Labute approximate surface area is 107 Å². The summed E-state index contributed by atoms with van der Waals surface area (Å²) in [6.07, 6.45) is 2.57. The number of benzene rings is 1. The van der Waals surface area contributed by atoms with Crippen molar-refractivity contribution in [2.24, 2.45) is 5.92 Å². The fourth-order valence-corrected chi connectivity index (χ4v) is 2.68. The number of hydrogen-bond acceptors (Lipinski definition) is 1. The third-order valence-corrected chi connectivity index (χ3v) is 4.25. The second-order valence-corrected chi connectivity index (χ2v) is 5.38. The van der Waals surface area contributed by atoms with Crippen LogP contribution >= 0.6 is 23.2 Å². The quantitative estimate of drug-likeness (QED) is 0.842. The normalized spacial score (nSPS) is 23.1. The zero-order chi connectivity index (χ0) is 11.5. The van der Waals surface area contributed by atoms with Crippen LogP contribution in [0.2, 0.25) is 10.0 Å². The summed E-state index contributed by atoms with van der Waals surface area (Å²) >= 11 is 12.0. The van der Waals surface area contributed by atoms with Gasteiger partial charge in [-0.15, -0.1) is 0 Å². The van der Waals surface area contributed by atoms with E-state index >= 15 is 0 Å². The second-order valence-electron chi connectivity index (χ2n) is 4.57. The van der Waals surface area contributed by atoms with Crippen LogP contribution in [0.3, 0.4) is 0 Å². The minimum absolute atomic E-state index is 0.544. The van der Waals surface area contributed by atoms with Gasteiger partial charge in [-0.05, 0) is 55.5 Å². The first-order valence-corrected chi connectivity index (χ1v) is 6.59. The van der Waals surface area contributed by atoms with Gasteiger partial charge in [0.25, 0.3) is 0 Å². The Bertz CT molecular complexity index is 359. The summed E-state index contributed by atoms with van der Waals surface area (Å²) in [7, 11) is 0. The van der Waals surface area contributed by atoms with Crippen molar-refractivity contribution in [1.82, 2.24) is 5.32 Å². The maximum absolute atomic E-state index is 6.05. The summed E-state index contributed by atoms with van der Waals surface area (Å²) in [5.41, 5.74) is 1.29. The topological polar surface area (TPSA) is 12.0 Å². The molecule has 0 aliphatic carbocycles. The molecule has 1 aromatic rings.